The molecule has 1 N–H and O–H groups in total. The molecule has 2 aromatic rings. The lowest BCUT2D eigenvalue weighted by Crippen LogP contribution is -2.43. The number of hydrogen-bond donors (Lipinski definition) is 1. The zero-order valence-corrected chi connectivity index (χ0v) is 16.1. The van der Waals surface area contributed by atoms with E-state index < -0.39 is 17.7 Å². The molecule has 1 aliphatic rings. The first kappa shape index (κ1) is 21.9. The summed E-state index contributed by atoms with van der Waals surface area (Å²) in [7, 11) is 0. The Bertz CT molecular complexity index is 751. The maximum absolute atomic E-state index is 13.4. The molecule has 0 aliphatic carbocycles. The first-order chi connectivity index (χ1) is 12.5. The van der Waals surface area contributed by atoms with E-state index in [9.17, 15) is 13.9 Å². The topological polar surface area (TPSA) is 41.9 Å². The Balaban J connectivity index is 0.00000261. The number of ether oxygens (including phenoxy) is 2. The Morgan fingerprint density at radius 1 is 1.22 bits per heavy atom. The number of nitrogens with zero attached hydrogens (tertiary/aromatic N) is 1. The molecule has 1 heterocycles. The van der Waals surface area contributed by atoms with Crippen molar-refractivity contribution in [1.82, 2.24) is 4.90 Å². The molecular weight excluding hydrogens is 399 g/mol. The van der Waals surface area contributed by atoms with Crippen molar-refractivity contribution in [1.29, 1.82) is 0 Å². The quantitative estimate of drug-likeness (QED) is 0.771. The highest BCUT2D eigenvalue weighted by Gasteiger charge is 2.24. The Morgan fingerprint density at radius 2 is 2.00 bits per heavy atom. The molecule has 148 valence electrons. The normalized spacial score (nSPS) is 18.6. The molecule has 27 heavy (non-hydrogen) atoms. The number of para-hydroxylation sites is 1. The van der Waals surface area contributed by atoms with E-state index in [4.69, 9.17) is 21.1 Å². The summed E-state index contributed by atoms with van der Waals surface area (Å²) in [6.45, 7) is 2.06. The molecule has 0 radical (unpaired) electrons. The number of rotatable bonds is 6. The van der Waals surface area contributed by atoms with E-state index in [0.717, 1.165) is 12.1 Å². The summed E-state index contributed by atoms with van der Waals surface area (Å²) in [6.07, 6.45) is -1.08. The van der Waals surface area contributed by atoms with Crippen LogP contribution < -0.4 is 4.74 Å². The molecule has 2 atom stereocenters. The van der Waals surface area contributed by atoms with Gasteiger partial charge in [0.15, 0.2) is 11.6 Å². The summed E-state index contributed by atoms with van der Waals surface area (Å²) in [5.74, 6) is -1.25. The van der Waals surface area contributed by atoms with Crippen molar-refractivity contribution in [2.45, 2.75) is 12.2 Å². The fourth-order valence-electron chi connectivity index (χ4n) is 2.88. The second kappa shape index (κ2) is 10.2. The molecule has 0 bridgehead atoms. The van der Waals surface area contributed by atoms with E-state index in [2.05, 4.69) is 0 Å². The van der Waals surface area contributed by atoms with Gasteiger partial charge in [-0.1, -0.05) is 29.8 Å². The van der Waals surface area contributed by atoms with Crippen molar-refractivity contribution in [2.75, 3.05) is 32.8 Å². The Labute approximate surface area is 168 Å². The minimum atomic E-state index is -0.892. The van der Waals surface area contributed by atoms with Gasteiger partial charge in [-0.05, 0) is 29.8 Å². The fraction of sp³-hybridized carbons (Fsp3) is 0.368. The summed E-state index contributed by atoms with van der Waals surface area (Å²) in [4.78, 5) is 2.01. The van der Waals surface area contributed by atoms with Gasteiger partial charge >= 0.3 is 0 Å². The smallest absolute Gasteiger partial charge is 0.159 e. The van der Waals surface area contributed by atoms with Gasteiger partial charge in [-0.2, -0.15) is 0 Å². The zero-order chi connectivity index (χ0) is 18.5. The van der Waals surface area contributed by atoms with Crippen molar-refractivity contribution in [3.05, 3.63) is 64.7 Å². The van der Waals surface area contributed by atoms with E-state index in [0.29, 0.717) is 42.6 Å². The molecule has 1 aliphatic heterocycles. The molecule has 0 aromatic heterocycles. The van der Waals surface area contributed by atoms with Crippen LogP contribution in [0.1, 0.15) is 11.7 Å². The largest absolute Gasteiger partial charge is 0.489 e. The fourth-order valence-corrected chi connectivity index (χ4v) is 3.07. The maximum Gasteiger partial charge on any atom is 0.159 e. The second-order valence-electron chi connectivity index (χ2n) is 6.19. The lowest BCUT2D eigenvalue weighted by Gasteiger charge is -2.34. The number of hydrogen-bond acceptors (Lipinski definition) is 4. The summed E-state index contributed by atoms with van der Waals surface area (Å²) in [5, 5.41) is 10.7. The highest BCUT2D eigenvalue weighted by Crippen LogP contribution is 2.25. The van der Waals surface area contributed by atoms with Crippen LogP contribution in [-0.2, 0) is 4.74 Å². The van der Waals surface area contributed by atoms with Gasteiger partial charge in [0, 0.05) is 19.6 Å². The van der Waals surface area contributed by atoms with Gasteiger partial charge in [-0.3, -0.25) is 4.90 Å². The monoisotopic (exact) mass is 419 g/mol. The van der Waals surface area contributed by atoms with Crippen LogP contribution in [0.3, 0.4) is 0 Å². The average molecular weight is 420 g/mol. The number of aliphatic hydroxyl groups is 1. The number of β-amino-alcohol motifs (C(OH)–C–C–N with tert-alkyl or cyclic N) is 1. The van der Waals surface area contributed by atoms with Crippen LogP contribution in [0.25, 0.3) is 0 Å². The third kappa shape index (κ3) is 6.02. The Hall–Kier alpha value is -1.44. The number of aliphatic hydroxyl groups excluding tert-OH is 1. The van der Waals surface area contributed by atoms with Crippen molar-refractivity contribution in [3.8, 4) is 5.75 Å². The van der Waals surface area contributed by atoms with Gasteiger partial charge < -0.3 is 14.6 Å². The summed E-state index contributed by atoms with van der Waals surface area (Å²) in [6, 6.07) is 10.8. The standard InChI is InChI=1S/C19H20ClF2NO3.ClH/c20-15-3-1-2-4-18(15)26-12-14(24)10-23-7-8-25-19(11-23)13-5-6-16(21)17(22)9-13;/h1-6,9,14,19,24H,7-8,10-12H2;1H. The van der Waals surface area contributed by atoms with E-state index in [-0.39, 0.29) is 25.1 Å². The van der Waals surface area contributed by atoms with E-state index in [1.807, 2.05) is 11.0 Å². The molecule has 1 fully saturated rings. The van der Waals surface area contributed by atoms with Gasteiger partial charge in [0.2, 0.25) is 0 Å². The number of benzene rings is 2. The highest BCUT2D eigenvalue weighted by molar-refractivity contribution is 6.32. The Kier molecular flexibility index (Phi) is 8.26. The minimum Gasteiger partial charge on any atom is -0.489 e. The SMILES string of the molecule is Cl.OC(COc1ccccc1Cl)CN1CCOC(c2ccc(F)c(F)c2)C1. The predicted molar refractivity (Wildman–Crippen MR) is 102 cm³/mol. The molecule has 1 saturated heterocycles. The van der Waals surface area contributed by atoms with Crippen LogP contribution in [0.4, 0.5) is 8.78 Å². The van der Waals surface area contributed by atoms with Crippen molar-refractivity contribution in [3.63, 3.8) is 0 Å². The molecule has 8 heteroatoms. The van der Waals surface area contributed by atoms with Crippen LogP contribution in [0.2, 0.25) is 5.02 Å². The first-order valence-corrected chi connectivity index (χ1v) is 8.75. The zero-order valence-electron chi connectivity index (χ0n) is 14.5. The third-order valence-electron chi connectivity index (χ3n) is 4.20. The van der Waals surface area contributed by atoms with Crippen LogP contribution in [0, 0.1) is 11.6 Å². The van der Waals surface area contributed by atoms with Crippen molar-refractivity contribution < 1.29 is 23.4 Å². The molecule has 2 unspecified atom stereocenters. The lowest BCUT2D eigenvalue weighted by atomic mass is 10.1. The molecule has 4 nitrogen and oxygen atoms in total. The van der Waals surface area contributed by atoms with E-state index in [1.54, 1.807) is 18.2 Å². The summed E-state index contributed by atoms with van der Waals surface area (Å²) >= 11 is 6.02. The van der Waals surface area contributed by atoms with E-state index >= 15 is 0 Å². The first-order valence-electron chi connectivity index (χ1n) is 8.37. The summed E-state index contributed by atoms with van der Waals surface area (Å²) in [5.41, 5.74) is 0.579. The molecule has 0 spiro atoms. The van der Waals surface area contributed by atoms with E-state index in [1.165, 1.54) is 6.07 Å². The van der Waals surface area contributed by atoms with Crippen LogP contribution in [0.5, 0.6) is 5.75 Å². The van der Waals surface area contributed by atoms with Crippen LogP contribution in [0.15, 0.2) is 42.5 Å². The van der Waals surface area contributed by atoms with Crippen molar-refractivity contribution in [2.24, 2.45) is 0 Å². The number of halogens is 4. The lowest BCUT2D eigenvalue weighted by molar-refractivity contribution is -0.0460. The third-order valence-corrected chi connectivity index (χ3v) is 4.52. The Morgan fingerprint density at radius 3 is 2.74 bits per heavy atom. The van der Waals surface area contributed by atoms with Crippen LogP contribution in [-0.4, -0.2) is 49.0 Å². The number of morpholine rings is 1. The van der Waals surface area contributed by atoms with Gasteiger partial charge in [0.25, 0.3) is 0 Å². The molecular formula is C19H21Cl2F2NO3. The summed E-state index contributed by atoms with van der Waals surface area (Å²) < 4.78 is 37.7. The molecule has 2 aromatic carbocycles. The van der Waals surface area contributed by atoms with Crippen LogP contribution >= 0.6 is 24.0 Å². The second-order valence-corrected chi connectivity index (χ2v) is 6.60. The molecule has 0 saturated carbocycles. The minimum absolute atomic E-state index is 0. The van der Waals surface area contributed by atoms with Gasteiger partial charge in [-0.15, -0.1) is 12.4 Å². The van der Waals surface area contributed by atoms with Gasteiger partial charge in [0.05, 0.1) is 17.7 Å². The van der Waals surface area contributed by atoms with Crippen molar-refractivity contribution >= 4 is 24.0 Å². The van der Waals surface area contributed by atoms with Gasteiger partial charge in [-0.25, -0.2) is 8.78 Å². The molecule has 3 rings (SSSR count). The highest BCUT2D eigenvalue weighted by atomic mass is 35.5. The predicted octanol–water partition coefficient (Wildman–Crippen LogP) is 3.85. The average Bonchev–Trinajstić information content (AvgIpc) is 2.63. The maximum atomic E-state index is 13.4. The van der Waals surface area contributed by atoms with Gasteiger partial charge in [0.1, 0.15) is 18.5 Å². The molecule has 0 amide bonds.